The molecule has 1 aromatic carbocycles. The molecule has 1 atom stereocenters. The predicted molar refractivity (Wildman–Crippen MR) is 124 cm³/mol. The summed E-state index contributed by atoms with van der Waals surface area (Å²) in [4.78, 5) is 20.1. The summed E-state index contributed by atoms with van der Waals surface area (Å²) in [6, 6.07) is 4.79. The van der Waals surface area contributed by atoms with Gasteiger partial charge in [-0.1, -0.05) is 17.3 Å². The first kappa shape index (κ1) is 22.7. The molecule has 0 saturated carbocycles. The molecule has 4 heterocycles. The van der Waals surface area contributed by atoms with Crippen LogP contribution in [0.25, 0.3) is 21.6 Å². The smallest absolute Gasteiger partial charge is 0.353 e. The first-order valence-corrected chi connectivity index (χ1v) is 11.7. The summed E-state index contributed by atoms with van der Waals surface area (Å²) < 4.78 is 44.6. The number of hydrogen-bond donors (Lipinski definition) is 0. The molecule has 0 N–H and O–H groups in total. The fourth-order valence-corrected chi connectivity index (χ4v) is 5.23. The molecular weight excluding hydrogens is 465 g/mol. The van der Waals surface area contributed by atoms with Crippen LogP contribution in [0.4, 0.5) is 19.0 Å². The lowest BCUT2D eigenvalue weighted by molar-refractivity contribution is -0.137. The van der Waals surface area contributed by atoms with Crippen LogP contribution in [-0.4, -0.2) is 51.2 Å². The zero-order valence-corrected chi connectivity index (χ0v) is 19.7. The molecule has 1 fully saturated rings. The van der Waals surface area contributed by atoms with Crippen molar-refractivity contribution in [1.82, 2.24) is 25.0 Å². The fraction of sp³-hybridized carbons (Fsp3) is 0.391. The Balaban J connectivity index is 1.29. The minimum Gasteiger partial charge on any atom is -0.353 e. The maximum absolute atomic E-state index is 13.0. The second-order valence-corrected chi connectivity index (χ2v) is 9.60. The highest BCUT2D eigenvalue weighted by Gasteiger charge is 2.31. The van der Waals surface area contributed by atoms with Crippen molar-refractivity contribution in [2.45, 2.75) is 33.0 Å². The van der Waals surface area contributed by atoms with Gasteiger partial charge >= 0.3 is 6.18 Å². The number of rotatable bonds is 4. The average Bonchev–Trinajstić information content (AvgIpc) is 3.43. The molecular formula is C23H23F3N6OS. The van der Waals surface area contributed by atoms with E-state index in [1.54, 1.807) is 23.7 Å². The van der Waals surface area contributed by atoms with Gasteiger partial charge in [-0.3, -0.25) is 4.90 Å². The van der Waals surface area contributed by atoms with Gasteiger partial charge in [0, 0.05) is 36.6 Å². The van der Waals surface area contributed by atoms with E-state index < -0.39 is 11.7 Å². The van der Waals surface area contributed by atoms with Gasteiger partial charge in [-0.25, -0.2) is 9.97 Å². The molecule has 0 spiro atoms. The Morgan fingerprint density at radius 3 is 2.59 bits per heavy atom. The van der Waals surface area contributed by atoms with Gasteiger partial charge in [0.05, 0.1) is 17.0 Å². The molecule has 4 aromatic rings. The summed E-state index contributed by atoms with van der Waals surface area (Å²) in [6.07, 6.45) is -2.80. The molecule has 3 aromatic heterocycles. The quantitative estimate of drug-likeness (QED) is 0.388. The number of thiophene rings is 1. The van der Waals surface area contributed by atoms with Crippen LogP contribution in [0.2, 0.25) is 0 Å². The third-order valence-corrected chi connectivity index (χ3v) is 7.47. The van der Waals surface area contributed by atoms with Gasteiger partial charge in [0.1, 0.15) is 17.0 Å². The number of aromatic nitrogens is 4. The van der Waals surface area contributed by atoms with Crippen molar-refractivity contribution in [3.05, 3.63) is 52.5 Å². The molecule has 34 heavy (non-hydrogen) atoms. The second kappa shape index (κ2) is 8.62. The fourth-order valence-electron chi connectivity index (χ4n) is 4.24. The number of halogens is 3. The normalized spacial score (nSPS) is 16.4. The van der Waals surface area contributed by atoms with Gasteiger partial charge < -0.3 is 9.42 Å². The summed E-state index contributed by atoms with van der Waals surface area (Å²) in [7, 11) is 0. The number of hydrogen-bond acceptors (Lipinski definition) is 8. The lowest BCUT2D eigenvalue weighted by atomic mass is 10.1. The van der Waals surface area contributed by atoms with Crippen LogP contribution in [0.15, 0.2) is 35.1 Å². The van der Waals surface area contributed by atoms with Crippen molar-refractivity contribution in [2.24, 2.45) is 0 Å². The van der Waals surface area contributed by atoms with Gasteiger partial charge in [-0.2, -0.15) is 18.2 Å². The first-order chi connectivity index (χ1) is 16.2. The van der Waals surface area contributed by atoms with E-state index in [4.69, 9.17) is 4.52 Å². The van der Waals surface area contributed by atoms with Crippen LogP contribution < -0.4 is 4.90 Å². The average molecular weight is 489 g/mol. The maximum atomic E-state index is 13.0. The molecule has 11 heteroatoms. The van der Waals surface area contributed by atoms with E-state index in [0.29, 0.717) is 5.89 Å². The standard InChI is InChI=1S/C23H23F3N6OS/c1-13-15(3)34-22-18(13)20(27-12-28-22)32-9-7-31(8-10-32)14(2)21-29-19(30-33-21)16-5-4-6-17(11-16)23(24,25)26/h4-6,11-12,14H,7-10H2,1-3H3. The monoisotopic (exact) mass is 488 g/mol. The zero-order valence-electron chi connectivity index (χ0n) is 18.9. The topological polar surface area (TPSA) is 71.2 Å². The van der Waals surface area contributed by atoms with Crippen LogP contribution in [0.3, 0.4) is 0 Å². The summed E-state index contributed by atoms with van der Waals surface area (Å²) in [5, 5.41) is 5.05. The zero-order chi connectivity index (χ0) is 24.0. The number of aryl methyl sites for hydroxylation is 2. The summed E-state index contributed by atoms with van der Waals surface area (Å²) in [5.41, 5.74) is 0.755. The van der Waals surface area contributed by atoms with E-state index >= 15 is 0 Å². The van der Waals surface area contributed by atoms with E-state index in [2.05, 4.69) is 43.8 Å². The third kappa shape index (κ3) is 4.14. The summed E-state index contributed by atoms with van der Waals surface area (Å²) >= 11 is 1.68. The van der Waals surface area contributed by atoms with Crippen molar-refractivity contribution in [3.8, 4) is 11.4 Å². The predicted octanol–water partition coefficient (Wildman–Crippen LogP) is 5.26. The highest BCUT2D eigenvalue weighted by atomic mass is 32.1. The molecule has 0 radical (unpaired) electrons. The molecule has 1 unspecified atom stereocenters. The summed E-state index contributed by atoms with van der Waals surface area (Å²) in [5.74, 6) is 1.50. The van der Waals surface area contributed by atoms with E-state index in [1.165, 1.54) is 16.5 Å². The van der Waals surface area contributed by atoms with Crippen molar-refractivity contribution >= 4 is 27.4 Å². The van der Waals surface area contributed by atoms with Crippen LogP contribution in [0, 0.1) is 13.8 Å². The van der Waals surface area contributed by atoms with E-state index in [1.807, 2.05) is 6.92 Å². The number of nitrogens with zero attached hydrogens (tertiary/aromatic N) is 6. The van der Waals surface area contributed by atoms with Crippen LogP contribution in [-0.2, 0) is 6.18 Å². The van der Waals surface area contributed by atoms with Gasteiger partial charge in [0.25, 0.3) is 0 Å². The SMILES string of the molecule is Cc1sc2ncnc(N3CCN(C(C)c4nc(-c5cccc(C(F)(F)F)c5)no4)CC3)c2c1C. The van der Waals surface area contributed by atoms with Crippen LogP contribution in [0.1, 0.15) is 34.9 Å². The molecule has 0 amide bonds. The highest BCUT2D eigenvalue weighted by Crippen LogP contribution is 2.35. The number of piperazine rings is 1. The number of fused-ring (bicyclic) bond motifs is 1. The maximum Gasteiger partial charge on any atom is 0.416 e. The van der Waals surface area contributed by atoms with Crippen molar-refractivity contribution in [3.63, 3.8) is 0 Å². The molecule has 7 nitrogen and oxygen atoms in total. The van der Waals surface area contributed by atoms with Crippen molar-refractivity contribution in [2.75, 3.05) is 31.1 Å². The molecule has 0 bridgehead atoms. The highest BCUT2D eigenvalue weighted by molar-refractivity contribution is 7.18. The lowest BCUT2D eigenvalue weighted by Gasteiger charge is -2.37. The van der Waals surface area contributed by atoms with Crippen LogP contribution in [0.5, 0.6) is 0 Å². The van der Waals surface area contributed by atoms with Gasteiger partial charge in [-0.05, 0) is 38.5 Å². The Bertz CT molecular complexity index is 1330. The molecule has 5 rings (SSSR count). The molecule has 1 aliphatic heterocycles. The Hall–Kier alpha value is -3.05. The molecule has 1 aliphatic rings. The molecule has 0 aliphatic carbocycles. The van der Waals surface area contributed by atoms with E-state index in [-0.39, 0.29) is 17.4 Å². The number of anilines is 1. The largest absolute Gasteiger partial charge is 0.416 e. The lowest BCUT2D eigenvalue weighted by Crippen LogP contribution is -2.47. The summed E-state index contributed by atoms with van der Waals surface area (Å²) in [6.45, 7) is 9.25. The minimum atomic E-state index is -4.43. The van der Waals surface area contributed by atoms with E-state index in [0.717, 1.165) is 54.3 Å². The Morgan fingerprint density at radius 1 is 1.09 bits per heavy atom. The molecule has 178 valence electrons. The van der Waals surface area contributed by atoms with E-state index in [9.17, 15) is 13.2 Å². The van der Waals surface area contributed by atoms with Crippen LogP contribution >= 0.6 is 11.3 Å². The second-order valence-electron chi connectivity index (χ2n) is 8.39. The number of benzene rings is 1. The first-order valence-electron chi connectivity index (χ1n) is 10.9. The Labute approximate surface area is 198 Å². The Morgan fingerprint density at radius 2 is 1.85 bits per heavy atom. The van der Waals surface area contributed by atoms with Gasteiger partial charge in [0.15, 0.2) is 0 Å². The Kier molecular flexibility index (Phi) is 5.76. The number of alkyl halides is 3. The van der Waals surface area contributed by atoms with Gasteiger partial charge in [-0.15, -0.1) is 11.3 Å². The van der Waals surface area contributed by atoms with Crippen molar-refractivity contribution in [1.29, 1.82) is 0 Å². The minimum absolute atomic E-state index is 0.151. The van der Waals surface area contributed by atoms with Crippen molar-refractivity contribution < 1.29 is 17.7 Å². The molecule has 1 saturated heterocycles. The van der Waals surface area contributed by atoms with Gasteiger partial charge in [0.2, 0.25) is 11.7 Å². The third-order valence-electron chi connectivity index (χ3n) is 6.35.